The van der Waals surface area contributed by atoms with Crippen LogP contribution in [0.1, 0.15) is 15.9 Å². The Hall–Kier alpha value is -2.12. The van der Waals surface area contributed by atoms with Crippen molar-refractivity contribution < 1.29 is 14.3 Å². The first-order valence-electron chi connectivity index (χ1n) is 8.02. The van der Waals surface area contributed by atoms with Gasteiger partial charge < -0.3 is 4.74 Å². The third kappa shape index (κ3) is 4.64. The number of carbonyl (C=O) groups excluding carboxylic acids is 2. The Morgan fingerprint density at radius 3 is 2.75 bits per heavy atom. The molecule has 1 aliphatic heterocycles. The summed E-state index contributed by atoms with van der Waals surface area (Å²) in [6, 6.07) is 11.4. The molecule has 0 unspecified atom stereocenters. The molecule has 0 radical (unpaired) electrons. The fourth-order valence-electron chi connectivity index (χ4n) is 2.42. The monoisotopic (exact) mass is 449 g/mol. The highest BCUT2D eigenvalue weighted by atomic mass is 35.5. The SMILES string of the molecule is C=CCN1C(=O)C(=Cc2cccc(OC(=O)c3ccc(Cl)cc3Cl)c2)SC1=S. The molecule has 1 fully saturated rings. The Morgan fingerprint density at radius 2 is 2.04 bits per heavy atom. The van der Waals surface area contributed by atoms with Crippen LogP contribution < -0.4 is 4.74 Å². The molecule has 0 N–H and O–H groups in total. The van der Waals surface area contributed by atoms with E-state index in [0.29, 0.717) is 32.1 Å². The number of amides is 1. The topological polar surface area (TPSA) is 46.6 Å². The molecule has 0 spiro atoms. The van der Waals surface area contributed by atoms with E-state index < -0.39 is 5.97 Å². The average molecular weight is 450 g/mol. The molecule has 0 atom stereocenters. The lowest BCUT2D eigenvalue weighted by atomic mass is 10.2. The first kappa shape index (κ1) is 20.6. The van der Waals surface area contributed by atoms with Crippen molar-refractivity contribution in [3.8, 4) is 5.75 Å². The van der Waals surface area contributed by atoms with Crippen molar-refractivity contribution in [2.45, 2.75) is 0 Å². The van der Waals surface area contributed by atoms with Gasteiger partial charge in [0.1, 0.15) is 10.1 Å². The van der Waals surface area contributed by atoms with Crippen molar-refractivity contribution in [3.05, 3.63) is 81.2 Å². The predicted octanol–water partition coefficient (Wildman–Crippen LogP) is 5.60. The molecule has 1 amide bonds. The molecular formula is C20H13Cl2NO3S2. The van der Waals surface area contributed by atoms with E-state index in [4.69, 9.17) is 40.2 Å². The van der Waals surface area contributed by atoms with Crippen LogP contribution in [-0.2, 0) is 4.79 Å². The lowest BCUT2D eigenvalue weighted by Gasteiger charge is -2.10. The van der Waals surface area contributed by atoms with Crippen LogP contribution in [0.4, 0.5) is 0 Å². The van der Waals surface area contributed by atoms with E-state index >= 15 is 0 Å². The molecule has 142 valence electrons. The minimum atomic E-state index is -0.601. The Bertz CT molecular complexity index is 1020. The maximum absolute atomic E-state index is 12.4. The van der Waals surface area contributed by atoms with Crippen molar-refractivity contribution in [2.24, 2.45) is 0 Å². The molecular weight excluding hydrogens is 437 g/mol. The van der Waals surface area contributed by atoms with Gasteiger partial charge in [-0.3, -0.25) is 9.69 Å². The van der Waals surface area contributed by atoms with Gasteiger partial charge in [0.15, 0.2) is 0 Å². The first-order valence-corrected chi connectivity index (χ1v) is 10.0. The molecule has 28 heavy (non-hydrogen) atoms. The number of halogens is 2. The van der Waals surface area contributed by atoms with Gasteiger partial charge in [0.2, 0.25) is 0 Å². The van der Waals surface area contributed by atoms with Gasteiger partial charge in [-0.15, -0.1) is 6.58 Å². The Labute approximate surface area is 181 Å². The number of benzene rings is 2. The maximum atomic E-state index is 12.4. The van der Waals surface area contributed by atoms with Crippen molar-refractivity contribution in [1.29, 1.82) is 0 Å². The lowest BCUT2D eigenvalue weighted by Crippen LogP contribution is -2.27. The average Bonchev–Trinajstić information content (AvgIpc) is 2.89. The predicted molar refractivity (Wildman–Crippen MR) is 118 cm³/mol. The van der Waals surface area contributed by atoms with E-state index in [-0.39, 0.29) is 16.5 Å². The number of carbonyl (C=O) groups is 2. The summed E-state index contributed by atoms with van der Waals surface area (Å²) >= 11 is 18.3. The van der Waals surface area contributed by atoms with E-state index in [1.54, 1.807) is 42.5 Å². The Balaban J connectivity index is 1.79. The van der Waals surface area contributed by atoms with E-state index in [1.807, 2.05) is 0 Å². The summed E-state index contributed by atoms with van der Waals surface area (Å²) in [6.07, 6.45) is 3.32. The maximum Gasteiger partial charge on any atom is 0.345 e. The number of thiocarbonyl (C=S) groups is 1. The number of thioether (sulfide) groups is 1. The molecule has 2 aromatic rings. The summed E-state index contributed by atoms with van der Waals surface area (Å²) in [5, 5.41) is 0.636. The van der Waals surface area contributed by atoms with Crippen molar-refractivity contribution >= 4 is 69.5 Å². The van der Waals surface area contributed by atoms with Crippen LogP contribution in [0.5, 0.6) is 5.75 Å². The highest BCUT2D eigenvalue weighted by Crippen LogP contribution is 2.33. The molecule has 0 aromatic heterocycles. The molecule has 4 nitrogen and oxygen atoms in total. The van der Waals surface area contributed by atoms with Crippen molar-refractivity contribution in [1.82, 2.24) is 4.90 Å². The van der Waals surface area contributed by atoms with Crippen molar-refractivity contribution in [2.75, 3.05) is 6.54 Å². The lowest BCUT2D eigenvalue weighted by molar-refractivity contribution is -0.121. The van der Waals surface area contributed by atoms with Gasteiger partial charge in [-0.25, -0.2) is 4.79 Å². The molecule has 0 bridgehead atoms. The van der Waals surface area contributed by atoms with Crippen LogP contribution in [-0.4, -0.2) is 27.6 Å². The smallest absolute Gasteiger partial charge is 0.345 e. The van der Waals surface area contributed by atoms with Crippen molar-refractivity contribution in [3.63, 3.8) is 0 Å². The minimum Gasteiger partial charge on any atom is -0.423 e. The summed E-state index contributed by atoms with van der Waals surface area (Å²) in [5.41, 5.74) is 0.911. The van der Waals surface area contributed by atoms with E-state index in [0.717, 1.165) is 0 Å². The third-order valence-electron chi connectivity index (χ3n) is 3.70. The summed E-state index contributed by atoms with van der Waals surface area (Å²) in [5.74, 6) is -0.451. The number of ether oxygens (including phenoxy) is 1. The normalized spacial score (nSPS) is 15.2. The number of esters is 1. The van der Waals surface area contributed by atoms with Gasteiger partial charge in [-0.2, -0.15) is 0 Å². The second-order valence-corrected chi connectivity index (χ2v) is 8.19. The second-order valence-electron chi connectivity index (χ2n) is 5.67. The van der Waals surface area contributed by atoms with Gasteiger partial charge in [0, 0.05) is 11.6 Å². The summed E-state index contributed by atoms with van der Waals surface area (Å²) in [4.78, 5) is 26.7. The van der Waals surface area contributed by atoms with Crippen LogP contribution in [0, 0.1) is 0 Å². The zero-order chi connectivity index (χ0) is 20.3. The summed E-state index contributed by atoms with van der Waals surface area (Å²) in [7, 11) is 0. The second kappa shape index (κ2) is 8.92. The number of nitrogens with zero attached hydrogens (tertiary/aromatic N) is 1. The quantitative estimate of drug-likeness (QED) is 0.195. The fraction of sp³-hybridized carbons (Fsp3) is 0.0500. The molecule has 8 heteroatoms. The van der Waals surface area contributed by atoms with Crippen LogP contribution >= 0.6 is 47.2 Å². The van der Waals surface area contributed by atoms with Gasteiger partial charge in [-0.1, -0.05) is 65.4 Å². The molecule has 3 rings (SSSR count). The Kier molecular flexibility index (Phi) is 6.57. The molecule has 0 saturated carbocycles. The molecule has 1 saturated heterocycles. The summed E-state index contributed by atoms with van der Waals surface area (Å²) in [6.45, 7) is 3.99. The van der Waals surface area contributed by atoms with E-state index in [2.05, 4.69) is 6.58 Å². The molecule has 1 aliphatic rings. The minimum absolute atomic E-state index is 0.176. The first-order chi connectivity index (χ1) is 13.4. The largest absolute Gasteiger partial charge is 0.423 e. The van der Waals surface area contributed by atoms with Crippen LogP contribution in [0.25, 0.3) is 6.08 Å². The molecule has 2 aromatic carbocycles. The van der Waals surface area contributed by atoms with Crippen LogP contribution in [0.15, 0.2) is 60.0 Å². The number of hydrogen-bond donors (Lipinski definition) is 0. The van der Waals surface area contributed by atoms with Gasteiger partial charge >= 0.3 is 5.97 Å². The summed E-state index contributed by atoms with van der Waals surface area (Å²) < 4.78 is 5.88. The zero-order valence-corrected chi connectivity index (χ0v) is 17.5. The molecule has 1 heterocycles. The van der Waals surface area contributed by atoms with Crippen LogP contribution in [0.3, 0.4) is 0 Å². The van der Waals surface area contributed by atoms with Gasteiger partial charge in [-0.05, 0) is 42.0 Å². The number of hydrogen-bond acceptors (Lipinski definition) is 5. The fourth-order valence-corrected chi connectivity index (χ4v) is 4.18. The molecule has 0 aliphatic carbocycles. The number of rotatable bonds is 5. The highest BCUT2D eigenvalue weighted by molar-refractivity contribution is 8.26. The highest BCUT2D eigenvalue weighted by Gasteiger charge is 2.30. The standard InChI is InChI=1S/C20H13Cl2NO3S2/c1-2-8-23-18(24)17(28-20(23)27)10-12-4-3-5-14(9-12)26-19(25)15-7-6-13(21)11-16(15)22/h2-7,9-11H,1,8H2. The van der Waals surface area contributed by atoms with E-state index in [9.17, 15) is 9.59 Å². The Morgan fingerprint density at radius 1 is 1.25 bits per heavy atom. The van der Waals surface area contributed by atoms with Gasteiger partial charge in [0.05, 0.1) is 15.5 Å². The van der Waals surface area contributed by atoms with Gasteiger partial charge in [0.25, 0.3) is 5.91 Å². The van der Waals surface area contributed by atoms with E-state index in [1.165, 1.54) is 28.8 Å². The third-order valence-corrected chi connectivity index (χ3v) is 5.63. The zero-order valence-electron chi connectivity index (χ0n) is 14.4. The van der Waals surface area contributed by atoms with Crippen LogP contribution in [0.2, 0.25) is 10.0 Å².